The molecule has 1 aliphatic rings. The molecule has 0 amide bonds. The Bertz CT molecular complexity index is 650. The molecule has 0 aliphatic heterocycles. The van der Waals surface area contributed by atoms with Gasteiger partial charge in [0.2, 0.25) is 0 Å². The van der Waals surface area contributed by atoms with Crippen molar-refractivity contribution in [2.45, 2.75) is 32.2 Å². The van der Waals surface area contributed by atoms with E-state index in [1.807, 2.05) is 37.3 Å². The van der Waals surface area contributed by atoms with E-state index in [0.29, 0.717) is 5.92 Å². The molecule has 0 radical (unpaired) electrons. The van der Waals surface area contributed by atoms with Crippen LogP contribution in [0.5, 0.6) is 0 Å². The number of benzene rings is 1. The van der Waals surface area contributed by atoms with Crippen LogP contribution in [0.4, 0.5) is 5.69 Å². The van der Waals surface area contributed by atoms with Crippen LogP contribution in [0, 0.1) is 12.8 Å². The highest BCUT2D eigenvalue weighted by Gasteiger charge is 2.32. The van der Waals surface area contributed by atoms with Crippen molar-refractivity contribution in [2.75, 3.05) is 5.32 Å². The zero-order chi connectivity index (χ0) is 14.1. The first-order chi connectivity index (χ1) is 9.63. The lowest BCUT2D eigenvalue weighted by Gasteiger charge is -2.19. The molecule has 1 fully saturated rings. The standard InChI is InChI=1S/C16H18N2O2/c1-10-8-15(12-4-2-3-5-13(12)17-10)18-14(9-16(19)20)11-6-7-11/h2-5,8,11,14H,6-7,9H2,1H3,(H,17,18)(H,19,20). The van der Waals surface area contributed by atoms with Crippen molar-refractivity contribution in [2.24, 2.45) is 5.92 Å². The van der Waals surface area contributed by atoms with Crippen molar-refractivity contribution in [3.63, 3.8) is 0 Å². The number of pyridine rings is 1. The molecule has 0 bridgehead atoms. The molecule has 1 heterocycles. The fourth-order valence-corrected chi connectivity index (χ4v) is 2.65. The molecule has 3 rings (SSSR count). The summed E-state index contributed by atoms with van der Waals surface area (Å²) < 4.78 is 0. The number of aryl methyl sites for hydroxylation is 1. The highest BCUT2D eigenvalue weighted by Crippen LogP contribution is 2.36. The van der Waals surface area contributed by atoms with Crippen molar-refractivity contribution in [1.29, 1.82) is 0 Å². The molecule has 1 aromatic heterocycles. The van der Waals surface area contributed by atoms with Gasteiger partial charge in [0.25, 0.3) is 0 Å². The number of fused-ring (bicyclic) bond motifs is 1. The summed E-state index contributed by atoms with van der Waals surface area (Å²) in [6, 6.07) is 9.96. The summed E-state index contributed by atoms with van der Waals surface area (Å²) in [5, 5.41) is 13.5. The predicted molar refractivity (Wildman–Crippen MR) is 78.9 cm³/mol. The van der Waals surface area contributed by atoms with Gasteiger partial charge in [0.05, 0.1) is 11.9 Å². The molecule has 1 aliphatic carbocycles. The molecule has 0 spiro atoms. The summed E-state index contributed by atoms with van der Waals surface area (Å²) in [4.78, 5) is 15.5. The summed E-state index contributed by atoms with van der Waals surface area (Å²) in [6.07, 6.45) is 2.40. The molecular formula is C16H18N2O2. The van der Waals surface area contributed by atoms with E-state index in [1.54, 1.807) is 0 Å². The van der Waals surface area contributed by atoms with Crippen LogP contribution < -0.4 is 5.32 Å². The van der Waals surface area contributed by atoms with Crippen molar-refractivity contribution in [3.8, 4) is 0 Å². The molecule has 1 unspecified atom stereocenters. The van der Waals surface area contributed by atoms with Crippen LogP contribution in [0.3, 0.4) is 0 Å². The number of hydrogen-bond acceptors (Lipinski definition) is 3. The second-order valence-electron chi connectivity index (χ2n) is 5.51. The van der Waals surface area contributed by atoms with Crippen LogP contribution in [0.2, 0.25) is 0 Å². The van der Waals surface area contributed by atoms with Gasteiger partial charge in [-0.1, -0.05) is 18.2 Å². The normalized spacial score (nSPS) is 16.1. The van der Waals surface area contributed by atoms with E-state index in [4.69, 9.17) is 5.11 Å². The van der Waals surface area contributed by atoms with Crippen LogP contribution >= 0.6 is 0 Å². The van der Waals surface area contributed by atoms with Crippen LogP contribution in [0.25, 0.3) is 10.9 Å². The monoisotopic (exact) mass is 270 g/mol. The predicted octanol–water partition coefficient (Wildman–Crippen LogP) is 3.21. The van der Waals surface area contributed by atoms with E-state index in [0.717, 1.165) is 35.1 Å². The van der Waals surface area contributed by atoms with Gasteiger partial charge >= 0.3 is 5.97 Å². The number of nitrogens with one attached hydrogen (secondary N) is 1. The second kappa shape index (κ2) is 5.12. The van der Waals surface area contributed by atoms with Crippen LogP contribution in [-0.2, 0) is 4.79 Å². The molecule has 0 saturated heterocycles. The number of carbonyl (C=O) groups is 1. The van der Waals surface area contributed by atoms with Gasteiger partial charge in [-0.25, -0.2) is 0 Å². The first-order valence-electron chi connectivity index (χ1n) is 6.98. The Labute approximate surface area is 117 Å². The first kappa shape index (κ1) is 12.9. The lowest BCUT2D eigenvalue weighted by molar-refractivity contribution is -0.137. The largest absolute Gasteiger partial charge is 0.481 e. The summed E-state index contributed by atoms with van der Waals surface area (Å²) in [5.74, 6) is -0.261. The lowest BCUT2D eigenvalue weighted by Crippen LogP contribution is -2.25. The number of carboxylic acids is 1. The average Bonchev–Trinajstić information content (AvgIpc) is 3.21. The third-order valence-electron chi connectivity index (χ3n) is 3.77. The molecule has 4 heteroatoms. The third-order valence-corrected chi connectivity index (χ3v) is 3.77. The lowest BCUT2D eigenvalue weighted by atomic mass is 10.1. The minimum absolute atomic E-state index is 0.0118. The van der Waals surface area contributed by atoms with Gasteiger partial charge < -0.3 is 10.4 Å². The van der Waals surface area contributed by atoms with E-state index in [9.17, 15) is 4.79 Å². The van der Waals surface area contributed by atoms with E-state index in [-0.39, 0.29) is 12.5 Å². The number of carboxylic acid groups (broad SMARTS) is 1. The fraction of sp³-hybridized carbons (Fsp3) is 0.375. The zero-order valence-corrected chi connectivity index (χ0v) is 11.5. The van der Waals surface area contributed by atoms with Gasteiger partial charge in [0.15, 0.2) is 0 Å². The Balaban J connectivity index is 1.94. The Morgan fingerprint density at radius 2 is 2.20 bits per heavy atom. The SMILES string of the molecule is Cc1cc(NC(CC(=O)O)C2CC2)c2ccccc2n1. The number of hydrogen-bond donors (Lipinski definition) is 2. The molecule has 1 saturated carbocycles. The van der Waals surface area contributed by atoms with E-state index in [2.05, 4.69) is 10.3 Å². The average molecular weight is 270 g/mol. The summed E-state index contributed by atoms with van der Waals surface area (Å²) in [7, 11) is 0. The Morgan fingerprint density at radius 1 is 1.45 bits per heavy atom. The van der Waals surface area contributed by atoms with Crippen molar-refractivity contribution in [3.05, 3.63) is 36.0 Å². The first-order valence-corrected chi connectivity index (χ1v) is 6.98. The number of rotatable bonds is 5. The highest BCUT2D eigenvalue weighted by atomic mass is 16.4. The maximum absolute atomic E-state index is 11.0. The topological polar surface area (TPSA) is 62.2 Å². The number of aliphatic carboxylic acids is 1. The third kappa shape index (κ3) is 2.74. The Morgan fingerprint density at radius 3 is 2.90 bits per heavy atom. The number of nitrogens with zero attached hydrogens (tertiary/aromatic N) is 1. The molecule has 20 heavy (non-hydrogen) atoms. The van der Waals surface area contributed by atoms with E-state index < -0.39 is 5.97 Å². The van der Waals surface area contributed by atoms with E-state index >= 15 is 0 Å². The fourth-order valence-electron chi connectivity index (χ4n) is 2.65. The second-order valence-corrected chi connectivity index (χ2v) is 5.51. The summed E-state index contributed by atoms with van der Waals surface area (Å²) in [6.45, 7) is 1.96. The van der Waals surface area contributed by atoms with Gasteiger partial charge in [-0.15, -0.1) is 0 Å². The minimum atomic E-state index is -0.746. The quantitative estimate of drug-likeness (QED) is 0.875. The van der Waals surface area contributed by atoms with Crippen LogP contribution in [-0.4, -0.2) is 22.1 Å². The van der Waals surface area contributed by atoms with Gasteiger partial charge in [0.1, 0.15) is 0 Å². The van der Waals surface area contributed by atoms with E-state index in [1.165, 1.54) is 0 Å². The summed E-state index contributed by atoms with van der Waals surface area (Å²) >= 11 is 0. The molecule has 2 aromatic rings. The molecule has 104 valence electrons. The van der Waals surface area contributed by atoms with Gasteiger partial charge in [-0.3, -0.25) is 9.78 Å². The van der Waals surface area contributed by atoms with Gasteiger partial charge in [-0.2, -0.15) is 0 Å². The summed E-state index contributed by atoms with van der Waals surface area (Å²) in [5.41, 5.74) is 2.88. The smallest absolute Gasteiger partial charge is 0.305 e. The minimum Gasteiger partial charge on any atom is -0.481 e. The number of aromatic nitrogens is 1. The van der Waals surface area contributed by atoms with Crippen molar-refractivity contribution in [1.82, 2.24) is 4.98 Å². The maximum atomic E-state index is 11.0. The number of anilines is 1. The van der Waals surface area contributed by atoms with Crippen molar-refractivity contribution >= 4 is 22.6 Å². The molecular weight excluding hydrogens is 252 g/mol. The number of para-hydroxylation sites is 1. The molecule has 4 nitrogen and oxygen atoms in total. The van der Waals surface area contributed by atoms with Crippen molar-refractivity contribution < 1.29 is 9.90 Å². The van der Waals surface area contributed by atoms with Crippen LogP contribution in [0.1, 0.15) is 25.0 Å². The molecule has 1 atom stereocenters. The maximum Gasteiger partial charge on any atom is 0.305 e. The molecule has 1 aromatic carbocycles. The zero-order valence-electron chi connectivity index (χ0n) is 11.5. The molecule has 2 N–H and O–H groups in total. The van der Waals surface area contributed by atoms with Gasteiger partial charge in [0, 0.05) is 22.8 Å². The van der Waals surface area contributed by atoms with Gasteiger partial charge in [-0.05, 0) is 37.8 Å². The Hall–Kier alpha value is -2.10. The van der Waals surface area contributed by atoms with Crippen LogP contribution in [0.15, 0.2) is 30.3 Å². The Kier molecular flexibility index (Phi) is 3.30. The highest BCUT2D eigenvalue weighted by molar-refractivity contribution is 5.91.